The van der Waals surface area contributed by atoms with Crippen LogP contribution in [0.5, 0.6) is 28.7 Å². The van der Waals surface area contributed by atoms with Crippen molar-refractivity contribution in [1.29, 1.82) is 0 Å². The van der Waals surface area contributed by atoms with Crippen LogP contribution in [-0.2, 0) is 23.9 Å². The fourth-order valence-corrected chi connectivity index (χ4v) is 8.77. The number of ether oxygens (including phenoxy) is 7. The van der Waals surface area contributed by atoms with Gasteiger partial charge in [-0.25, -0.2) is 0 Å². The van der Waals surface area contributed by atoms with Crippen molar-refractivity contribution in [3.63, 3.8) is 0 Å². The first-order valence-electron chi connectivity index (χ1n) is 18.6. The molecule has 0 aromatic heterocycles. The number of ketones is 1. The number of esters is 1. The second kappa shape index (κ2) is 14.9. The molecule has 8 unspecified atom stereocenters. The van der Waals surface area contributed by atoms with Crippen LogP contribution in [0.3, 0.4) is 0 Å². The molecular formula is C40H43N3O14. The van der Waals surface area contributed by atoms with E-state index < -0.39 is 73.0 Å². The van der Waals surface area contributed by atoms with E-state index in [2.05, 4.69) is 0 Å². The van der Waals surface area contributed by atoms with Gasteiger partial charge in [0.15, 0.2) is 17.6 Å². The molecule has 0 amide bonds. The highest BCUT2D eigenvalue weighted by Crippen LogP contribution is 2.64. The van der Waals surface area contributed by atoms with Crippen molar-refractivity contribution in [3.8, 4) is 28.7 Å². The maximum Gasteiger partial charge on any atom is 0.317 e. The molecule has 1 saturated carbocycles. The highest BCUT2D eigenvalue weighted by molar-refractivity contribution is 5.90. The zero-order valence-electron chi connectivity index (χ0n) is 31.0. The van der Waals surface area contributed by atoms with Gasteiger partial charge in [0.25, 0.3) is 0 Å². The number of hydrogen-bond donors (Lipinski definition) is 6. The number of nitrogens with two attached hydrogens (primary N) is 2. The van der Waals surface area contributed by atoms with Gasteiger partial charge in [0, 0.05) is 35.3 Å². The molecule has 8 atom stereocenters. The summed E-state index contributed by atoms with van der Waals surface area (Å²) in [5.41, 5.74) is 13.9. The Labute approximate surface area is 325 Å². The molecule has 302 valence electrons. The Morgan fingerprint density at radius 3 is 2.46 bits per heavy atom. The molecule has 5 aliphatic rings. The Morgan fingerprint density at radius 2 is 1.75 bits per heavy atom. The predicted molar refractivity (Wildman–Crippen MR) is 195 cm³/mol. The molecule has 0 radical (unpaired) electrons. The Balaban J connectivity index is 1.25. The smallest absolute Gasteiger partial charge is 0.317 e. The van der Waals surface area contributed by atoms with Gasteiger partial charge >= 0.3 is 11.9 Å². The first kappa shape index (κ1) is 38.6. The summed E-state index contributed by atoms with van der Waals surface area (Å²) >= 11 is 0. The maximum absolute atomic E-state index is 12.7. The van der Waals surface area contributed by atoms with Gasteiger partial charge in [0.05, 0.1) is 38.2 Å². The van der Waals surface area contributed by atoms with Crippen molar-refractivity contribution in [2.24, 2.45) is 16.5 Å². The second-order valence-corrected chi connectivity index (χ2v) is 14.8. The summed E-state index contributed by atoms with van der Waals surface area (Å²) in [4.78, 5) is 40.9. The summed E-state index contributed by atoms with van der Waals surface area (Å²) in [5.74, 6) is -1.05. The van der Waals surface area contributed by atoms with Crippen LogP contribution in [0.1, 0.15) is 60.8 Å². The minimum atomic E-state index is -1.91. The van der Waals surface area contributed by atoms with Crippen LogP contribution in [0, 0.1) is 0 Å². The fraction of sp³-hybridized carbons (Fsp3) is 0.450. The standard InChI is InChI=1S/C40H43N3O14/c1-51-24-8-7-20-29-35(55-33(20)34(24)52-2)28-21(22-16-43-23-6-4-3-5-19(22)23)13-18(14-25(28)57-40(29)11-9-17(44)10-12-40)53-39-32(50)30(48)31(49)36(56-39)37(38(41)42)54-27(47)15-26(45)46/h3-8,13-14,29-32,35-39,48-50H,9-12,15-16,41-42H2,1-2H3,(H,45,46). The number of methoxy groups -OCH3 is 2. The Bertz CT molecular complexity index is 2240. The first-order valence-corrected chi connectivity index (χ1v) is 18.6. The molecule has 57 heavy (non-hydrogen) atoms. The number of aliphatic carboxylic acids is 1. The lowest BCUT2D eigenvalue weighted by molar-refractivity contribution is -0.291. The van der Waals surface area contributed by atoms with Crippen molar-refractivity contribution < 1.29 is 68.0 Å². The second-order valence-electron chi connectivity index (χ2n) is 14.8. The molecule has 17 heteroatoms. The number of aliphatic hydroxyl groups is 3. The molecule has 1 aliphatic carbocycles. The topological polar surface area (TPSA) is 261 Å². The van der Waals surface area contributed by atoms with E-state index in [0.717, 1.165) is 21.7 Å². The maximum atomic E-state index is 12.7. The number of carboxylic acids is 1. The van der Waals surface area contributed by atoms with E-state index in [1.807, 2.05) is 36.4 Å². The molecule has 8 rings (SSSR count). The predicted octanol–water partition coefficient (Wildman–Crippen LogP) is -0.156. The van der Waals surface area contributed by atoms with Crippen LogP contribution >= 0.6 is 0 Å². The molecule has 17 nitrogen and oxygen atoms in total. The molecule has 8 N–H and O–H groups in total. The van der Waals surface area contributed by atoms with Crippen molar-refractivity contribution in [2.75, 3.05) is 20.8 Å². The number of hydrogen-bond acceptors (Lipinski definition) is 16. The molecule has 1 saturated heterocycles. The summed E-state index contributed by atoms with van der Waals surface area (Å²) in [6, 6.07) is 14.7. The van der Waals surface area contributed by atoms with Crippen LogP contribution in [-0.4, -0.2) is 107 Å². The third-order valence-corrected chi connectivity index (χ3v) is 11.4. The van der Waals surface area contributed by atoms with E-state index in [-0.39, 0.29) is 17.5 Å². The molecule has 3 aromatic rings. The average Bonchev–Trinajstić information content (AvgIpc) is 3.80. The van der Waals surface area contributed by atoms with Crippen LogP contribution in [0.2, 0.25) is 0 Å². The number of carboxylic acid groups (broad SMARTS) is 1. The van der Waals surface area contributed by atoms with Gasteiger partial charge in [-0.05, 0) is 42.2 Å². The normalized spacial score (nSPS) is 27.2. The monoisotopic (exact) mass is 789 g/mol. The third-order valence-electron chi connectivity index (χ3n) is 11.4. The number of nitrogens with zero attached hydrogens (tertiary/aromatic N) is 1. The lowest BCUT2D eigenvalue weighted by atomic mass is 9.67. The van der Waals surface area contributed by atoms with Gasteiger partial charge in [-0.15, -0.1) is 0 Å². The molecule has 4 heterocycles. The number of para-hydroxylation sites is 1. The highest BCUT2D eigenvalue weighted by atomic mass is 16.7. The molecule has 0 bridgehead atoms. The van der Waals surface area contributed by atoms with Gasteiger partial charge in [0.1, 0.15) is 59.8 Å². The fourth-order valence-electron chi connectivity index (χ4n) is 8.77. The number of fused-ring (bicyclic) bond motifs is 7. The van der Waals surface area contributed by atoms with Crippen molar-refractivity contribution in [3.05, 3.63) is 75.8 Å². The van der Waals surface area contributed by atoms with E-state index in [9.17, 15) is 29.7 Å². The van der Waals surface area contributed by atoms with E-state index >= 15 is 0 Å². The minimum Gasteiger partial charge on any atom is -0.493 e. The average molecular weight is 790 g/mol. The van der Waals surface area contributed by atoms with E-state index in [1.54, 1.807) is 19.2 Å². The lowest BCUT2D eigenvalue weighted by Crippen LogP contribution is -2.66. The molecular weight excluding hydrogens is 746 g/mol. The van der Waals surface area contributed by atoms with Crippen molar-refractivity contribution >= 4 is 23.3 Å². The summed E-state index contributed by atoms with van der Waals surface area (Å²) < 4.78 is 42.9. The molecule has 2 fully saturated rings. The minimum absolute atomic E-state index is 0.110. The van der Waals surface area contributed by atoms with Gasteiger partial charge in [-0.1, -0.05) is 24.3 Å². The number of carbonyl (C=O) groups is 3. The van der Waals surface area contributed by atoms with Crippen LogP contribution in [0.15, 0.2) is 53.5 Å². The summed E-state index contributed by atoms with van der Waals surface area (Å²) in [6.07, 6.45) is -12.4. The summed E-state index contributed by atoms with van der Waals surface area (Å²) in [6.45, 7) is 0.295. The quantitative estimate of drug-likeness (QED) is 0.0886. The van der Waals surface area contributed by atoms with E-state index in [1.165, 1.54) is 7.11 Å². The number of benzene rings is 3. The molecule has 1 spiro atoms. The van der Waals surface area contributed by atoms with Crippen LogP contribution < -0.4 is 45.7 Å². The van der Waals surface area contributed by atoms with Gasteiger partial charge in [-0.3, -0.25) is 19.4 Å². The van der Waals surface area contributed by atoms with Crippen LogP contribution in [0.4, 0.5) is 0 Å². The van der Waals surface area contributed by atoms with Gasteiger partial charge in [0.2, 0.25) is 12.0 Å². The van der Waals surface area contributed by atoms with Gasteiger partial charge in [-0.2, -0.15) is 0 Å². The third kappa shape index (κ3) is 6.63. The summed E-state index contributed by atoms with van der Waals surface area (Å²) in [7, 11) is 3.08. The lowest BCUT2D eigenvalue weighted by Gasteiger charge is -2.48. The largest absolute Gasteiger partial charge is 0.493 e. The van der Waals surface area contributed by atoms with E-state index in [4.69, 9.17) is 54.7 Å². The first-order chi connectivity index (χ1) is 27.3. The van der Waals surface area contributed by atoms with Gasteiger partial charge < -0.3 is 65.1 Å². The highest BCUT2D eigenvalue weighted by Gasteiger charge is 2.58. The summed E-state index contributed by atoms with van der Waals surface area (Å²) in [5, 5.41) is 43.8. The SMILES string of the molecule is COc1ccc2c(c1OC)OC1c3c(cc(OC4OC(C(OC(=O)CC(=O)O)C(N)N)C(O)C(O)C4O)cc3C3=c4ccccc4=NC3)OC3(CCC(=O)CC3)C21. The number of carbonyl (C=O) groups excluding carboxylic acids is 2. The van der Waals surface area contributed by atoms with Crippen molar-refractivity contribution in [2.45, 2.75) is 92.7 Å². The number of aliphatic hydroxyl groups excluding tert-OH is 3. The zero-order chi connectivity index (χ0) is 40.3. The van der Waals surface area contributed by atoms with E-state index in [0.29, 0.717) is 66.4 Å². The van der Waals surface area contributed by atoms with Crippen LogP contribution in [0.25, 0.3) is 5.57 Å². The Morgan fingerprint density at radius 1 is 1.00 bits per heavy atom. The Hall–Kier alpha value is -5.30. The number of rotatable bonds is 10. The Kier molecular flexibility index (Phi) is 10.1. The van der Waals surface area contributed by atoms with Crippen molar-refractivity contribution in [1.82, 2.24) is 0 Å². The molecule has 4 aliphatic heterocycles. The number of Topliss-reactive ketones (excluding diaryl/α,β-unsaturated/α-hetero) is 1. The zero-order valence-corrected chi connectivity index (χ0v) is 31.0. The molecule has 3 aromatic carbocycles.